The third-order valence-electron chi connectivity index (χ3n) is 4.07. The third kappa shape index (κ3) is 2.66. The summed E-state index contributed by atoms with van der Waals surface area (Å²) in [5.41, 5.74) is -0.793. The highest BCUT2D eigenvalue weighted by Gasteiger charge is 2.44. The molecule has 3 unspecified atom stereocenters. The van der Waals surface area contributed by atoms with E-state index in [2.05, 4.69) is 5.32 Å². The summed E-state index contributed by atoms with van der Waals surface area (Å²) in [6, 6.07) is 0. The zero-order valence-electron chi connectivity index (χ0n) is 10.9. The molecule has 18 heavy (non-hydrogen) atoms. The van der Waals surface area contributed by atoms with Crippen molar-refractivity contribution in [1.29, 1.82) is 0 Å². The van der Waals surface area contributed by atoms with Crippen LogP contribution in [-0.4, -0.2) is 35.7 Å². The SMILES string of the molecule is CC(C)(CCNC(=O)C1CC2CCC1O2)C(=O)O. The van der Waals surface area contributed by atoms with E-state index in [1.807, 2.05) is 0 Å². The maximum Gasteiger partial charge on any atom is 0.309 e. The molecular weight excluding hydrogens is 234 g/mol. The van der Waals surface area contributed by atoms with Crippen molar-refractivity contribution in [2.75, 3.05) is 6.54 Å². The Balaban J connectivity index is 1.74. The first-order valence-electron chi connectivity index (χ1n) is 6.57. The average Bonchev–Trinajstić information content (AvgIpc) is 2.89. The van der Waals surface area contributed by atoms with Gasteiger partial charge in [-0.3, -0.25) is 9.59 Å². The average molecular weight is 255 g/mol. The van der Waals surface area contributed by atoms with E-state index in [9.17, 15) is 9.59 Å². The minimum Gasteiger partial charge on any atom is -0.481 e. The van der Waals surface area contributed by atoms with Gasteiger partial charge in [-0.1, -0.05) is 0 Å². The van der Waals surface area contributed by atoms with Gasteiger partial charge in [0.05, 0.1) is 23.5 Å². The van der Waals surface area contributed by atoms with Gasteiger partial charge in [-0.05, 0) is 39.5 Å². The van der Waals surface area contributed by atoms with Crippen LogP contribution in [0.15, 0.2) is 0 Å². The lowest BCUT2D eigenvalue weighted by atomic mass is 9.87. The molecule has 0 aliphatic carbocycles. The van der Waals surface area contributed by atoms with Gasteiger partial charge in [0.2, 0.25) is 5.91 Å². The molecule has 1 amide bonds. The second kappa shape index (κ2) is 4.88. The van der Waals surface area contributed by atoms with Gasteiger partial charge in [-0.2, -0.15) is 0 Å². The fourth-order valence-electron chi connectivity index (χ4n) is 2.65. The Morgan fingerprint density at radius 2 is 2.11 bits per heavy atom. The first-order valence-corrected chi connectivity index (χ1v) is 6.57. The van der Waals surface area contributed by atoms with Crippen LogP contribution in [0.2, 0.25) is 0 Å². The Hall–Kier alpha value is -1.10. The summed E-state index contributed by atoms with van der Waals surface area (Å²) >= 11 is 0. The van der Waals surface area contributed by atoms with Gasteiger partial charge < -0.3 is 15.2 Å². The molecule has 2 fully saturated rings. The van der Waals surface area contributed by atoms with Gasteiger partial charge in [0.1, 0.15) is 0 Å². The molecule has 0 spiro atoms. The normalized spacial score (nSPS) is 30.4. The van der Waals surface area contributed by atoms with E-state index in [4.69, 9.17) is 9.84 Å². The van der Waals surface area contributed by atoms with E-state index in [0.29, 0.717) is 13.0 Å². The van der Waals surface area contributed by atoms with Crippen molar-refractivity contribution < 1.29 is 19.4 Å². The molecular formula is C13H21NO4. The predicted octanol–water partition coefficient (Wildman–Crippen LogP) is 1.17. The largest absolute Gasteiger partial charge is 0.481 e. The van der Waals surface area contributed by atoms with Crippen molar-refractivity contribution >= 4 is 11.9 Å². The number of carbonyl (C=O) groups is 2. The fraction of sp³-hybridized carbons (Fsp3) is 0.846. The van der Waals surface area contributed by atoms with Crippen molar-refractivity contribution in [2.24, 2.45) is 11.3 Å². The number of hydrogen-bond acceptors (Lipinski definition) is 3. The lowest BCUT2D eigenvalue weighted by Crippen LogP contribution is -2.38. The van der Waals surface area contributed by atoms with Crippen LogP contribution in [0.3, 0.4) is 0 Å². The summed E-state index contributed by atoms with van der Waals surface area (Å²) in [5, 5.41) is 11.8. The van der Waals surface area contributed by atoms with Gasteiger partial charge in [0.25, 0.3) is 0 Å². The summed E-state index contributed by atoms with van der Waals surface area (Å²) in [6.45, 7) is 3.75. The number of ether oxygens (including phenoxy) is 1. The van der Waals surface area contributed by atoms with Crippen molar-refractivity contribution in [2.45, 2.75) is 51.7 Å². The molecule has 2 bridgehead atoms. The molecule has 2 heterocycles. The molecule has 5 nitrogen and oxygen atoms in total. The first-order chi connectivity index (χ1) is 8.40. The van der Waals surface area contributed by atoms with Crippen molar-refractivity contribution in [1.82, 2.24) is 5.32 Å². The maximum absolute atomic E-state index is 12.0. The zero-order valence-corrected chi connectivity index (χ0v) is 10.9. The quantitative estimate of drug-likeness (QED) is 0.773. The molecule has 2 N–H and O–H groups in total. The van der Waals surface area contributed by atoms with E-state index in [0.717, 1.165) is 19.3 Å². The lowest BCUT2D eigenvalue weighted by molar-refractivity contribution is -0.147. The van der Waals surface area contributed by atoms with Crippen LogP contribution in [0.25, 0.3) is 0 Å². The summed E-state index contributed by atoms with van der Waals surface area (Å²) in [5.74, 6) is -0.847. The number of fused-ring (bicyclic) bond motifs is 2. The lowest BCUT2D eigenvalue weighted by Gasteiger charge is -2.21. The molecule has 0 radical (unpaired) electrons. The minimum absolute atomic E-state index is 0.0170. The second-order valence-electron chi connectivity index (χ2n) is 5.95. The van der Waals surface area contributed by atoms with Crippen LogP contribution < -0.4 is 5.32 Å². The van der Waals surface area contributed by atoms with E-state index < -0.39 is 11.4 Å². The van der Waals surface area contributed by atoms with Crippen LogP contribution in [0, 0.1) is 11.3 Å². The molecule has 102 valence electrons. The van der Waals surface area contributed by atoms with Crippen LogP contribution >= 0.6 is 0 Å². The highest BCUT2D eigenvalue weighted by Crippen LogP contribution is 2.38. The number of hydrogen-bond donors (Lipinski definition) is 2. The fourth-order valence-corrected chi connectivity index (χ4v) is 2.65. The smallest absolute Gasteiger partial charge is 0.309 e. The third-order valence-corrected chi connectivity index (χ3v) is 4.07. The van der Waals surface area contributed by atoms with Gasteiger partial charge >= 0.3 is 5.97 Å². The van der Waals surface area contributed by atoms with E-state index in [1.165, 1.54) is 0 Å². The molecule has 0 aromatic rings. The Labute approximate surface area is 107 Å². The van der Waals surface area contributed by atoms with Gasteiger partial charge in [-0.25, -0.2) is 0 Å². The van der Waals surface area contributed by atoms with E-state index in [-0.39, 0.29) is 24.0 Å². The Morgan fingerprint density at radius 1 is 1.39 bits per heavy atom. The summed E-state index contributed by atoms with van der Waals surface area (Å²) < 4.78 is 5.64. The summed E-state index contributed by atoms with van der Waals surface area (Å²) in [6.07, 6.45) is 3.65. The number of carboxylic acid groups (broad SMARTS) is 1. The highest BCUT2D eigenvalue weighted by atomic mass is 16.5. The summed E-state index contributed by atoms with van der Waals surface area (Å²) in [4.78, 5) is 22.9. The Morgan fingerprint density at radius 3 is 2.61 bits per heavy atom. The van der Waals surface area contributed by atoms with Crippen LogP contribution in [-0.2, 0) is 14.3 Å². The number of nitrogens with one attached hydrogen (secondary N) is 1. The maximum atomic E-state index is 12.0. The van der Waals surface area contributed by atoms with Crippen molar-refractivity contribution in [3.05, 3.63) is 0 Å². The molecule has 5 heteroatoms. The Kier molecular flexibility index (Phi) is 3.61. The number of carbonyl (C=O) groups excluding carboxylic acids is 1. The number of amides is 1. The highest BCUT2D eigenvalue weighted by molar-refractivity contribution is 5.80. The van der Waals surface area contributed by atoms with Gasteiger partial charge in [0, 0.05) is 6.54 Å². The number of rotatable bonds is 5. The second-order valence-corrected chi connectivity index (χ2v) is 5.95. The summed E-state index contributed by atoms with van der Waals surface area (Å²) in [7, 11) is 0. The molecule has 2 aliphatic heterocycles. The van der Waals surface area contributed by atoms with Gasteiger partial charge in [-0.15, -0.1) is 0 Å². The predicted molar refractivity (Wildman–Crippen MR) is 65.0 cm³/mol. The first kappa shape index (κ1) is 13.3. The molecule has 0 saturated carbocycles. The standard InChI is InChI=1S/C13H21NO4/c1-13(2,12(16)17)5-6-14-11(15)9-7-8-3-4-10(9)18-8/h8-10H,3-7H2,1-2H3,(H,14,15)(H,16,17). The molecule has 2 rings (SSSR count). The molecule has 3 atom stereocenters. The van der Waals surface area contributed by atoms with Gasteiger partial charge in [0.15, 0.2) is 0 Å². The van der Waals surface area contributed by atoms with Crippen molar-refractivity contribution in [3.8, 4) is 0 Å². The minimum atomic E-state index is -0.833. The molecule has 2 aliphatic rings. The monoisotopic (exact) mass is 255 g/mol. The molecule has 0 aromatic heterocycles. The topological polar surface area (TPSA) is 75.6 Å². The van der Waals surface area contributed by atoms with Crippen molar-refractivity contribution in [3.63, 3.8) is 0 Å². The van der Waals surface area contributed by atoms with E-state index in [1.54, 1.807) is 13.8 Å². The van der Waals surface area contributed by atoms with Crippen LogP contribution in [0.1, 0.15) is 39.5 Å². The Bertz CT molecular complexity index is 353. The molecule has 0 aromatic carbocycles. The van der Waals surface area contributed by atoms with Crippen LogP contribution in [0.4, 0.5) is 0 Å². The van der Waals surface area contributed by atoms with Crippen LogP contribution in [0.5, 0.6) is 0 Å². The number of aliphatic carboxylic acids is 1. The zero-order chi connectivity index (χ0) is 13.3. The number of carboxylic acids is 1. The molecule has 2 saturated heterocycles. The van der Waals surface area contributed by atoms with E-state index >= 15 is 0 Å².